The summed E-state index contributed by atoms with van der Waals surface area (Å²) in [6.07, 6.45) is 5.42. The lowest BCUT2D eigenvalue weighted by atomic mass is 9.96. The summed E-state index contributed by atoms with van der Waals surface area (Å²) in [7, 11) is -3.18. The van der Waals surface area contributed by atoms with Crippen LogP contribution in [0, 0.1) is 0 Å². The van der Waals surface area contributed by atoms with Crippen LogP contribution in [-0.4, -0.2) is 26.0 Å². The number of para-hydroxylation sites is 1. The molecule has 1 aliphatic carbocycles. The normalized spacial score (nSPS) is 17.2. The van der Waals surface area contributed by atoms with Crippen LogP contribution in [0.1, 0.15) is 32.1 Å². The molecule has 3 N–H and O–H groups in total. The van der Waals surface area contributed by atoms with Gasteiger partial charge in [0.05, 0.1) is 5.75 Å². The standard InChI is InChI=1S/C14H22N2O2S2/c15-13-8-4-5-9-14(13)19-10-11-20(17,18)16-12-6-2-1-3-7-12/h4-5,8-9,12,16H,1-3,6-7,10-11,15H2. The number of nitrogens with one attached hydrogen (secondary N) is 1. The zero-order valence-electron chi connectivity index (χ0n) is 11.5. The van der Waals surface area contributed by atoms with Crippen LogP contribution in [-0.2, 0) is 10.0 Å². The molecule has 0 radical (unpaired) electrons. The molecule has 1 fully saturated rings. The Labute approximate surface area is 125 Å². The lowest BCUT2D eigenvalue weighted by Gasteiger charge is -2.22. The maximum Gasteiger partial charge on any atom is 0.212 e. The fraction of sp³-hybridized carbons (Fsp3) is 0.571. The summed E-state index contributed by atoms with van der Waals surface area (Å²) in [5, 5.41) is 0. The monoisotopic (exact) mass is 314 g/mol. The number of nitrogens with two attached hydrogens (primary N) is 1. The largest absolute Gasteiger partial charge is 0.398 e. The number of hydrogen-bond acceptors (Lipinski definition) is 4. The summed E-state index contributed by atoms with van der Waals surface area (Å²) in [6, 6.07) is 7.67. The van der Waals surface area contributed by atoms with E-state index in [1.165, 1.54) is 18.2 Å². The first-order valence-electron chi connectivity index (χ1n) is 7.04. The number of thioether (sulfide) groups is 1. The maximum absolute atomic E-state index is 12.0. The highest BCUT2D eigenvalue weighted by Crippen LogP contribution is 2.24. The fourth-order valence-electron chi connectivity index (χ4n) is 2.41. The van der Waals surface area contributed by atoms with E-state index in [-0.39, 0.29) is 11.8 Å². The van der Waals surface area contributed by atoms with Crippen LogP contribution in [0.25, 0.3) is 0 Å². The summed E-state index contributed by atoms with van der Waals surface area (Å²) in [5.74, 6) is 0.665. The minimum absolute atomic E-state index is 0.139. The van der Waals surface area contributed by atoms with Gasteiger partial charge >= 0.3 is 0 Å². The van der Waals surface area contributed by atoms with Crippen molar-refractivity contribution < 1.29 is 8.42 Å². The summed E-state index contributed by atoms with van der Waals surface area (Å²) in [5.41, 5.74) is 6.54. The average Bonchev–Trinajstić information content (AvgIpc) is 2.41. The second kappa shape index (κ2) is 7.33. The van der Waals surface area contributed by atoms with Crippen LogP contribution in [0.15, 0.2) is 29.2 Å². The van der Waals surface area contributed by atoms with E-state index in [1.807, 2.05) is 24.3 Å². The summed E-state index contributed by atoms with van der Waals surface area (Å²) >= 11 is 1.49. The van der Waals surface area contributed by atoms with Crippen LogP contribution < -0.4 is 10.5 Å². The lowest BCUT2D eigenvalue weighted by molar-refractivity contribution is 0.412. The Morgan fingerprint density at radius 2 is 1.90 bits per heavy atom. The molecule has 2 rings (SSSR count). The molecule has 0 heterocycles. The minimum Gasteiger partial charge on any atom is -0.398 e. The van der Waals surface area contributed by atoms with Gasteiger partial charge in [0.25, 0.3) is 0 Å². The highest BCUT2D eigenvalue weighted by Gasteiger charge is 2.19. The van der Waals surface area contributed by atoms with E-state index in [0.29, 0.717) is 11.4 Å². The molecule has 1 aromatic carbocycles. The van der Waals surface area contributed by atoms with Gasteiger partial charge in [-0.3, -0.25) is 0 Å². The van der Waals surface area contributed by atoms with Crippen molar-refractivity contribution in [2.75, 3.05) is 17.2 Å². The molecular formula is C14H22N2O2S2. The van der Waals surface area contributed by atoms with E-state index in [1.54, 1.807) is 0 Å². The third-order valence-corrected chi connectivity index (χ3v) is 6.26. The molecule has 4 nitrogen and oxygen atoms in total. The van der Waals surface area contributed by atoms with E-state index in [2.05, 4.69) is 4.72 Å². The van der Waals surface area contributed by atoms with Crippen molar-refractivity contribution in [3.63, 3.8) is 0 Å². The first-order valence-corrected chi connectivity index (χ1v) is 9.68. The van der Waals surface area contributed by atoms with Gasteiger partial charge in [0.15, 0.2) is 0 Å². The van der Waals surface area contributed by atoms with Crippen molar-refractivity contribution in [1.29, 1.82) is 0 Å². The molecule has 0 saturated heterocycles. The zero-order valence-corrected chi connectivity index (χ0v) is 13.2. The van der Waals surface area contributed by atoms with Crippen LogP contribution in [0.2, 0.25) is 0 Å². The van der Waals surface area contributed by atoms with E-state index in [4.69, 9.17) is 5.73 Å². The predicted octanol–water partition coefficient (Wildman–Crippen LogP) is 2.61. The highest BCUT2D eigenvalue weighted by molar-refractivity contribution is 8.00. The molecule has 0 atom stereocenters. The maximum atomic E-state index is 12.0. The van der Waals surface area contributed by atoms with Crippen molar-refractivity contribution in [1.82, 2.24) is 4.72 Å². The molecule has 0 spiro atoms. The number of hydrogen-bond donors (Lipinski definition) is 2. The summed E-state index contributed by atoms with van der Waals surface area (Å²) in [6.45, 7) is 0. The van der Waals surface area contributed by atoms with E-state index in [0.717, 1.165) is 30.6 Å². The minimum atomic E-state index is -3.18. The molecule has 0 aromatic heterocycles. The molecule has 0 aliphatic heterocycles. The Morgan fingerprint density at radius 1 is 1.20 bits per heavy atom. The average molecular weight is 314 g/mol. The van der Waals surface area contributed by atoms with Crippen LogP contribution in [0.5, 0.6) is 0 Å². The van der Waals surface area contributed by atoms with E-state index < -0.39 is 10.0 Å². The molecule has 20 heavy (non-hydrogen) atoms. The van der Waals surface area contributed by atoms with Gasteiger partial charge in [0, 0.05) is 22.4 Å². The Hall–Kier alpha value is -0.720. The predicted molar refractivity (Wildman–Crippen MR) is 85.4 cm³/mol. The Morgan fingerprint density at radius 3 is 2.60 bits per heavy atom. The molecular weight excluding hydrogens is 292 g/mol. The smallest absolute Gasteiger partial charge is 0.212 e. The van der Waals surface area contributed by atoms with Gasteiger partial charge in [-0.25, -0.2) is 13.1 Å². The van der Waals surface area contributed by atoms with E-state index in [9.17, 15) is 8.42 Å². The highest BCUT2D eigenvalue weighted by atomic mass is 32.2. The van der Waals surface area contributed by atoms with Gasteiger partial charge in [-0.05, 0) is 25.0 Å². The Kier molecular flexibility index (Phi) is 5.74. The molecule has 1 aromatic rings. The second-order valence-corrected chi connectivity index (χ2v) is 8.17. The first kappa shape index (κ1) is 15.7. The number of sulfonamides is 1. The Bertz CT molecular complexity index is 526. The Balaban J connectivity index is 1.79. The van der Waals surface area contributed by atoms with Crippen LogP contribution in [0.4, 0.5) is 5.69 Å². The topological polar surface area (TPSA) is 72.2 Å². The number of rotatable bonds is 6. The van der Waals surface area contributed by atoms with Crippen molar-refractivity contribution in [2.24, 2.45) is 0 Å². The third kappa shape index (κ3) is 5.00. The summed E-state index contributed by atoms with van der Waals surface area (Å²) < 4.78 is 26.9. The number of nitrogen functional groups attached to an aromatic ring is 1. The van der Waals surface area contributed by atoms with Gasteiger partial charge in [-0.2, -0.15) is 0 Å². The third-order valence-electron chi connectivity index (χ3n) is 3.48. The van der Waals surface area contributed by atoms with Gasteiger partial charge in [-0.15, -0.1) is 11.8 Å². The fourth-order valence-corrected chi connectivity index (χ4v) is 5.11. The zero-order chi connectivity index (χ0) is 14.4. The number of benzene rings is 1. The van der Waals surface area contributed by atoms with Gasteiger partial charge in [0.1, 0.15) is 0 Å². The molecule has 0 bridgehead atoms. The van der Waals surface area contributed by atoms with Crippen LogP contribution >= 0.6 is 11.8 Å². The van der Waals surface area contributed by atoms with Crippen molar-refractivity contribution >= 4 is 27.5 Å². The van der Waals surface area contributed by atoms with E-state index >= 15 is 0 Å². The SMILES string of the molecule is Nc1ccccc1SCCS(=O)(=O)NC1CCCCC1. The molecule has 1 saturated carbocycles. The molecule has 0 unspecified atom stereocenters. The summed E-state index contributed by atoms with van der Waals surface area (Å²) in [4.78, 5) is 0.945. The first-order chi connectivity index (χ1) is 9.57. The molecule has 6 heteroatoms. The van der Waals surface area contributed by atoms with Crippen LogP contribution in [0.3, 0.4) is 0 Å². The molecule has 0 amide bonds. The lowest BCUT2D eigenvalue weighted by Crippen LogP contribution is -2.38. The van der Waals surface area contributed by atoms with Crippen molar-refractivity contribution in [2.45, 2.75) is 43.0 Å². The van der Waals surface area contributed by atoms with Crippen molar-refractivity contribution in [3.8, 4) is 0 Å². The van der Waals surface area contributed by atoms with Gasteiger partial charge in [-0.1, -0.05) is 31.4 Å². The second-order valence-electron chi connectivity index (χ2n) is 5.16. The van der Waals surface area contributed by atoms with Crippen molar-refractivity contribution in [3.05, 3.63) is 24.3 Å². The van der Waals surface area contributed by atoms with Gasteiger partial charge in [0.2, 0.25) is 10.0 Å². The van der Waals surface area contributed by atoms with Gasteiger partial charge < -0.3 is 5.73 Å². The number of anilines is 1. The molecule has 1 aliphatic rings. The quantitative estimate of drug-likeness (QED) is 0.625. The molecule has 112 valence electrons.